The summed E-state index contributed by atoms with van der Waals surface area (Å²) >= 11 is 1.35. The van der Waals surface area contributed by atoms with Crippen LogP contribution in [-0.2, 0) is 15.3 Å². The van der Waals surface area contributed by atoms with Gasteiger partial charge in [0.2, 0.25) is 0 Å². The van der Waals surface area contributed by atoms with E-state index in [1.807, 2.05) is 60.7 Å². The van der Waals surface area contributed by atoms with Crippen LogP contribution in [-0.4, -0.2) is 17.2 Å². The van der Waals surface area contributed by atoms with Crippen LogP contribution in [0, 0.1) is 0 Å². The highest BCUT2D eigenvalue weighted by Crippen LogP contribution is 2.41. The van der Waals surface area contributed by atoms with Crippen LogP contribution in [0.1, 0.15) is 43.2 Å². The molecule has 0 amide bonds. The van der Waals surface area contributed by atoms with E-state index in [1.54, 1.807) is 0 Å². The summed E-state index contributed by atoms with van der Waals surface area (Å²) in [4.78, 5) is 13.1. The Labute approximate surface area is 194 Å². The molecule has 0 bridgehead atoms. The zero-order valence-corrected chi connectivity index (χ0v) is 19.1. The summed E-state index contributed by atoms with van der Waals surface area (Å²) in [5, 5.41) is 11.2. The molecule has 1 aliphatic heterocycles. The van der Waals surface area contributed by atoms with Crippen LogP contribution in [0.15, 0.2) is 95.6 Å². The van der Waals surface area contributed by atoms with Gasteiger partial charge in [0.05, 0.1) is 5.92 Å². The molecule has 3 aromatic rings. The Morgan fingerprint density at radius 3 is 2.16 bits per heavy atom. The van der Waals surface area contributed by atoms with Crippen molar-refractivity contribution in [2.75, 3.05) is 0 Å². The molecule has 4 heteroatoms. The summed E-state index contributed by atoms with van der Waals surface area (Å²) in [5.74, 6) is -0.0194. The Morgan fingerprint density at radius 2 is 1.50 bits per heavy atom. The fourth-order valence-corrected chi connectivity index (χ4v) is 5.00. The second-order valence-corrected chi connectivity index (χ2v) is 9.03. The highest BCUT2D eigenvalue weighted by molar-refractivity contribution is 8.03. The molecule has 32 heavy (non-hydrogen) atoms. The molecule has 0 saturated carbocycles. The van der Waals surface area contributed by atoms with Gasteiger partial charge in [-0.2, -0.15) is 0 Å². The summed E-state index contributed by atoms with van der Waals surface area (Å²) in [6, 6.07) is 28.4. The number of benzene rings is 3. The molecule has 1 N–H and O–H groups in total. The third-order valence-corrected chi connectivity index (χ3v) is 6.93. The lowest BCUT2D eigenvalue weighted by Gasteiger charge is -2.32. The van der Waals surface area contributed by atoms with Crippen LogP contribution in [0.3, 0.4) is 0 Å². The summed E-state index contributed by atoms with van der Waals surface area (Å²) in [6.07, 6.45) is 2.32. The molecule has 1 heterocycles. The van der Waals surface area contributed by atoms with Crippen LogP contribution in [0.4, 0.5) is 0 Å². The number of carbonyl (C=O) groups excluding carboxylic acids is 1. The molecular weight excluding hydrogens is 416 g/mol. The first-order valence-corrected chi connectivity index (χ1v) is 12.1. The van der Waals surface area contributed by atoms with Gasteiger partial charge in [-0.15, -0.1) is 11.8 Å². The van der Waals surface area contributed by atoms with Crippen molar-refractivity contribution in [3.63, 3.8) is 0 Å². The summed E-state index contributed by atoms with van der Waals surface area (Å²) in [5.41, 5.74) is 4.33. The van der Waals surface area contributed by atoms with Crippen LogP contribution >= 0.6 is 11.8 Å². The van der Waals surface area contributed by atoms with E-state index in [0.29, 0.717) is 10.7 Å². The van der Waals surface area contributed by atoms with Crippen molar-refractivity contribution >= 4 is 17.7 Å². The molecule has 1 aliphatic rings. The van der Waals surface area contributed by atoms with E-state index < -0.39 is 5.97 Å². The molecule has 164 valence electrons. The topological polar surface area (TPSA) is 46.5 Å². The van der Waals surface area contributed by atoms with Crippen molar-refractivity contribution in [3.8, 4) is 11.1 Å². The standard InChI is InChI=1S/C28H28O3S/c1-2-3-14-24-25(23-17-15-22(16-18-23)21-12-8-5-9-13-21)26(29)27(28(30)31-24)32-19-20-10-6-4-7-11-20/h4-13,15-18,24-25,29H,2-3,14,19H2,1H3. The lowest BCUT2D eigenvalue weighted by Crippen LogP contribution is -2.33. The number of hydrogen-bond acceptors (Lipinski definition) is 4. The highest BCUT2D eigenvalue weighted by Gasteiger charge is 2.38. The normalized spacial score (nSPS) is 18.5. The van der Waals surface area contributed by atoms with Crippen molar-refractivity contribution in [3.05, 3.63) is 107 Å². The van der Waals surface area contributed by atoms with Gasteiger partial charge < -0.3 is 9.84 Å². The molecule has 3 aromatic carbocycles. The number of cyclic esters (lactones) is 1. The van der Waals surface area contributed by atoms with Crippen LogP contribution < -0.4 is 0 Å². The Hall–Kier alpha value is -2.98. The molecular formula is C28H28O3S. The van der Waals surface area contributed by atoms with E-state index in [2.05, 4.69) is 31.2 Å². The second-order valence-electron chi connectivity index (χ2n) is 8.04. The Bertz CT molecular complexity index is 1060. The lowest BCUT2D eigenvalue weighted by molar-refractivity contribution is -0.147. The minimum Gasteiger partial charge on any atom is -0.510 e. The molecule has 4 rings (SSSR count). The van der Waals surface area contributed by atoms with Crippen LogP contribution in [0.25, 0.3) is 11.1 Å². The first kappa shape index (κ1) is 22.2. The number of aliphatic hydroxyl groups is 1. The number of esters is 1. The molecule has 2 atom stereocenters. The van der Waals surface area contributed by atoms with Crippen molar-refractivity contribution in [2.24, 2.45) is 0 Å². The molecule has 0 aliphatic carbocycles. The number of hydrogen-bond donors (Lipinski definition) is 1. The summed E-state index contributed by atoms with van der Waals surface area (Å²) in [7, 11) is 0. The predicted octanol–water partition coefficient (Wildman–Crippen LogP) is 7.26. The Kier molecular flexibility index (Phi) is 7.33. The van der Waals surface area contributed by atoms with Crippen molar-refractivity contribution in [2.45, 2.75) is 44.0 Å². The van der Waals surface area contributed by atoms with Gasteiger partial charge in [-0.1, -0.05) is 105 Å². The molecule has 0 radical (unpaired) electrons. The zero-order valence-electron chi connectivity index (χ0n) is 18.2. The smallest absolute Gasteiger partial charge is 0.348 e. The van der Waals surface area contributed by atoms with Gasteiger partial charge in [0, 0.05) is 5.75 Å². The first-order valence-electron chi connectivity index (χ1n) is 11.1. The van der Waals surface area contributed by atoms with Gasteiger partial charge in [-0.05, 0) is 28.7 Å². The highest BCUT2D eigenvalue weighted by atomic mass is 32.2. The maximum absolute atomic E-state index is 12.8. The van der Waals surface area contributed by atoms with Crippen molar-refractivity contribution < 1.29 is 14.6 Å². The number of rotatable bonds is 8. The predicted molar refractivity (Wildman–Crippen MR) is 131 cm³/mol. The number of aliphatic hydroxyl groups excluding tert-OH is 1. The van der Waals surface area contributed by atoms with Crippen LogP contribution in [0.5, 0.6) is 0 Å². The van der Waals surface area contributed by atoms with E-state index in [0.717, 1.165) is 41.5 Å². The van der Waals surface area contributed by atoms with Gasteiger partial charge in [-0.25, -0.2) is 4.79 Å². The number of ether oxygens (including phenoxy) is 1. The fraction of sp³-hybridized carbons (Fsp3) is 0.250. The largest absolute Gasteiger partial charge is 0.510 e. The molecule has 2 unspecified atom stereocenters. The van der Waals surface area contributed by atoms with Gasteiger partial charge in [-0.3, -0.25) is 0 Å². The molecule has 3 nitrogen and oxygen atoms in total. The fourth-order valence-electron chi connectivity index (χ4n) is 4.06. The van der Waals surface area contributed by atoms with Crippen LogP contribution in [0.2, 0.25) is 0 Å². The number of thioether (sulfide) groups is 1. The zero-order chi connectivity index (χ0) is 22.3. The van der Waals surface area contributed by atoms with E-state index in [9.17, 15) is 9.90 Å². The summed E-state index contributed by atoms with van der Waals surface area (Å²) < 4.78 is 5.86. The summed E-state index contributed by atoms with van der Waals surface area (Å²) in [6.45, 7) is 2.12. The Balaban J connectivity index is 1.63. The van der Waals surface area contributed by atoms with Crippen molar-refractivity contribution in [1.82, 2.24) is 0 Å². The van der Waals surface area contributed by atoms with E-state index in [1.165, 1.54) is 11.8 Å². The maximum atomic E-state index is 12.8. The van der Waals surface area contributed by atoms with E-state index >= 15 is 0 Å². The number of carbonyl (C=O) groups is 1. The number of unbranched alkanes of at least 4 members (excludes halogenated alkanes) is 1. The van der Waals surface area contributed by atoms with Gasteiger partial charge in [0.15, 0.2) is 0 Å². The molecule has 0 fully saturated rings. The van der Waals surface area contributed by atoms with Gasteiger partial charge >= 0.3 is 5.97 Å². The monoisotopic (exact) mass is 444 g/mol. The van der Waals surface area contributed by atoms with Gasteiger partial charge in [0.25, 0.3) is 0 Å². The van der Waals surface area contributed by atoms with E-state index in [4.69, 9.17) is 4.74 Å². The SMILES string of the molecule is CCCCC1OC(=O)C(SCc2ccccc2)=C(O)C1c1ccc(-c2ccccc2)cc1. The molecule has 0 aromatic heterocycles. The molecule has 0 spiro atoms. The first-order chi connectivity index (χ1) is 15.7. The van der Waals surface area contributed by atoms with Crippen molar-refractivity contribution in [1.29, 1.82) is 0 Å². The molecule has 0 saturated heterocycles. The average Bonchev–Trinajstić information content (AvgIpc) is 2.84. The van der Waals surface area contributed by atoms with E-state index in [-0.39, 0.29) is 17.8 Å². The maximum Gasteiger partial charge on any atom is 0.348 e. The lowest BCUT2D eigenvalue weighted by atomic mass is 9.86. The minimum atomic E-state index is -0.415. The van der Waals surface area contributed by atoms with Gasteiger partial charge in [0.1, 0.15) is 16.8 Å². The second kappa shape index (κ2) is 10.6. The third kappa shape index (κ3) is 5.08. The third-order valence-electron chi connectivity index (χ3n) is 5.79. The Morgan fingerprint density at radius 1 is 0.875 bits per heavy atom. The minimum absolute atomic E-state index is 0.135. The average molecular weight is 445 g/mol. The quantitative estimate of drug-likeness (QED) is 0.372.